The van der Waals surface area contributed by atoms with Gasteiger partial charge in [0.1, 0.15) is 0 Å². The Morgan fingerprint density at radius 2 is 1.74 bits per heavy atom. The third-order valence-corrected chi connectivity index (χ3v) is 6.52. The molecule has 5 aromatic rings. The van der Waals surface area contributed by atoms with Crippen molar-refractivity contribution in [2.24, 2.45) is 0 Å². The molecule has 3 aromatic carbocycles. The highest BCUT2D eigenvalue weighted by Gasteiger charge is 2.16. The van der Waals surface area contributed by atoms with E-state index in [2.05, 4.69) is 15.6 Å². The van der Waals surface area contributed by atoms with Gasteiger partial charge in [-0.05, 0) is 36.8 Å². The summed E-state index contributed by atoms with van der Waals surface area (Å²) >= 11 is 1.40. The van der Waals surface area contributed by atoms with E-state index in [9.17, 15) is 9.59 Å². The fourth-order valence-electron chi connectivity index (χ4n) is 3.80. The van der Waals surface area contributed by atoms with Gasteiger partial charge in [-0.2, -0.15) is 0 Å². The Kier molecular flexibility index (Phi) is 5.77. The number of hydrogen-bond acceptors (Lipinski definition) is 5. The molecule has 2 aromatic heterocycles. The lowest BCUT2D eigenvalue weighted by Crippen LogP contribution is -2.13. The van der Waals surface area contributed by atoms with Crippen LogP contribution >= 0.6 is 11.3 Å². The monoisotopic (exact) mass is 466 g/mol. The lowest BCUT2D eigenvalue weighted by Gasteiger charge is -2.12. The summed E-state index contributed by atoms with van der Waals surface area (Å²) < 4.78 is 0.931. The smallest absolute Gasteiger partial charge is 0.256 e. The molecule has 0 atom stereocenters. The molecule has 0 spiro atoms. The number of aryl methyl sites for hydroxylation is 1. The van der Waals surface area contributed by atoms with Crippen molar-refractivity contribution < 1.29 is 9.59 Å². The molecule has 0 aliphatic carbocycles. The van der Waals surface area contributed by atoms with Crippen molar-refractivity contribution in [3.05, 3.63) is 83.9 Å². The maximum Gasteiger partial charge on any atom is 0.256 e. The fourth-order valence-corrected chi connectivity index (χ4v) is 4.66. The quantitative estimate of drug-likeness (QED) is 0.313. The van der Waals surface area contributed by atoms with Gasteiger partial charge in [-0.25, -0.2) is 9.97 Å². The van der Waals surface area contributed by atoms with Crippen LogP contribution in [0.5, 0.6) is 0 Å². The molecule has 6 nitrogen and oxygen atoms in total. The van der Waals surface area contributed by atoms with E-state index in [1.165, 1.54) is 11.3 Å². The number of nitrogens with zero attached hydrogens (tertiary/aromatic N) is 2. The van der Waals surface area contributed by atoms with E-state index in [4.69, 9.17) is 4.98 Å². The minimum atomic E-state index is -0.218. The number of carbonyl (C=O) groups excluding carboxylic acids is 2. The van der Waals surface area contributed by atoms with Crippen molar-refractivity contribution in [3.8, 4) is 11.3 Å². The Bertz CT molecular complexity index is 1540. The zero-order valence-corrected chi connectivity index (χ0v) is 19.6. The summed E-state index contributed by atoms with van der Waals surface area (Å²) in [5.41, 5.74) is 5.42. The minimum Gasteiger partial charge on any atom is -0.322 e. The second kappa shape index (κ2) is 9.03. The topological polar surface area (TPSA) is 84.0 Å². The van der Waals surface area contributed by atoms with Crippen LogP contribution in [0.4, 0.5) is 10.8 Å². The average Bonchev–Trinajstić information content (AvgIpc) is 3.25. The molecule has 0 unspecified atom stereocenters. The molecule has 0 aliphatic heterocycles. The Labute approximate surface area is 200 Å². The van der Waals surface area contributed by atoms with Crippen molar-refractivity contribution in [1.29, 1.82) is 0 Å². The van der Waals surface area contributed by atoms with Crippen molar-refractivity contribution in [1.82, 2.24) is 9.97 Å². The Morgan fingerprint density at radius 1 is 0.912 bits per heavy atom. The molecule has 2 amide bonds. The van der Waals surface area contributed by atoms with Gasteiger partial charge in [0.25, 0.3) is 5.91 Å². The minimum absolute atomic E-state index is 0.0818. The van der Waals surface area contributed by atoms with Gasteiger partial charge < -0.3 is 10.6 Å². The van der Waals surface area contributed by atoms with Crippen LogP contribution in [-0.4, -0.2) is 21.8 Å². The molecule has 5 rings (SSSR count). The number of benzene rings is 3. The summed E-state index contributed by atoms with van der Waals surface area (Å²) in [7, 11) is 0. The van der Waals surface area contributed by atoms with Crippen LogP contribution in [0.2, 0.25) is 0 Å². The fraction of sp³-hybridized carbons (Fsp3) is 0.111. The van der Waals surface area contributed by atoms with Gasteiger partial charge in [0.05, 0.1) is 27.0 Å². The van der Waals surface area contributed by atoms with Crippen LogP contribution in [0, 0.1) is 6.92 Å². The van der Waals surface area contributed by atoms with Gasteiger partial charge in [0, 0.05) is 23.1 Å². The first-order chi connectivity index (χ1) is 16.5. The molecule has 0 bridgehead atoms. The number of nitrogens with one attached hydrogen (secondary N) is 2. The number of amides is 2. The van der Waals surface area contributed by atoms with Crippen molar-refractivity contribution >= 4 is 55.1 Å². The number of para-hydroxylation sites is 1. The standard InChI is InChI=1S/C27H22N4O2S/c1-3-24(32)31-27-30-22-14-18(12-13-23(22)34-27)28-26(33)20-15-21(17-9-5-4-6-10-17)29-25-16(2)8-7-11-19(20)25/h4-15H,3H2,1-2H3,(H,28,33)(H,30,31,32). The number of thiazole rings is 1. The number of anilines is 2. The summed E-state index contributed by atoms with van der Waals surface area (Å²) in [4.78, 5) is 34.4. The zero-order chi connectivity index (χ0) is 23.7. The number of fused-ring (bicyclic) bond motifs is 2. The molecule has 34 heavy (non-hydrogen) atoms. The molecule has 0 saturated carbocycles. The van der Waals surface area contributed by atoms with Crippen LogP contribution in [-0.2, 0) is 4.79 Å². The highest BCUT2D eigenvalue weighted by molar-refractivity contribution is 7.22. The first kappa shape index (κ1) is 21.7. The van der Waals surface area contributed by atoms with Gasteiger partial charge in [-0.1, -0.05) is 66.8 Å². The van der Waals surface area contributed by atoms with Crippen LogP contribution < -0.4 is 10.6 Å². The lowest BCUT2D eigenvalue weighted by molar-refractivity contribution is -0.115. The van der Waals surface area contributed by atoms with E-state index >= 15 is 0 Å². The van der Waals surface area contributed by atoms with E-state index < -0.39 is 0 Å². The second-order valence-electron chi connectivity index (χ2n) is 7.95. The predicted octanol–water partition coefficient (Wildman–Crippen LogP) is 6.42. The van der Waals surface area contributed by atoms with E-state index in [0.717, 1.165) is 37.9 Å². The van der Waals surface area contributed by atoms with E-state index in [1.54, 1.807) is 6.92 Å². The molecule has 0 fully saturated rings. The first-order valence-corrected chi connectivity index (χ1v) is 11.8. The normalized spacial score (nSPS) is 11.0. The van der Waals surface area contributed by atoms with E-state index in [-0.39, 0.29) is 11.8 Å². The van der Waals surface area contributed by atoms with Crippen molar-refractivity contribution in [2.75, 3.05) is 10.6 Å². The second-order valence-corrected chi connectivity index (χ2v) is 8.98. The van der Waals surface area contributed by atoms with Crippen molar-refractivity contribution in [2.45, 2.75) is 20.3 Å². The molecule has 7 heteroatoms. The summed E-state index contributed by atoms with van der Waals surface area (Å²) in [5, 5.41) is 7.15. The number of hydrogen-bond donors (Lipinski definition) is 2. The lowest BCUT2D eigenvalue weighted by atomic mass is 10.0. The molecule has 2 N–H and O–H groups in total. The van der Waals surface area contributed by atoms with E-state index in [1.807, 2.05) is 79.7 Å². The predicted molar refractivity (Wildman–Crippen MR) is 138 cm³/mol. The van der Waals surface area contributed by atoms with Crippen LogP contribution in [0.3, 0.4) is 0 Å². The SMILES string of the molecule is CCC(=O)Nc1nc2cc(NC(=O)c3cc(-c4ccccc4)nc4c(C)cccc34)ccc2s1. The summed E-state index contributed by atoms with van der Waals surface area (Å²) in [6.45, 7) is 3.79. The number of rotatable bonds is 5. The molecule has 0 radical (unpaired) electrons. The average molecular weight is 467 g/mol. The molecular formula is C27H22N4O2S. The maximum absolute atomic E-state index is 13.4. The van der Waals surface area contributed by atoms with Gasteiger partial charge in [0.2, 0.25) is 5.91 Å². The highest BCUT2D eigenvalue weighted by atomic mass is 32.1. The van der Waals surface area contributed by atoms with Gasteiger partial charge in [0.15, 0.2) is 5.13 Å². The summed E-state index contributed by atoms with van der Waals surface area (Å²) in [6, 6.07) is 23.1. The van der Waals surface area contributed by atoms with Gasteiger partial charge >= 0.3 is 0 Å². The third-order valence-electron chi connectivity index (χ3n) is 5.57. The van der Waals surface area contributed by atoms with Crippen molar-refractivity contribution in [3.63, 3.8) is 0 Å². The number of pyridine rings is 1. The Hall–Kier alpha value is -4.10. The molecule has 2 heterocycles. The molecular weight excluding hydrogens is 444 g/mol. The maximum atomic E-state index is 13.4. The molecule has 0 aliphatic rings. The largest absolute Gasteiger partial charge is 0.322 e. The summed E-state index contributed by atoms with van der Waals surface area (Å²) in [5.74, 6) is -0.300. The van der Waals surface area contributed by atoms with Crippen LogP contribution in [0.25, 0.3) is 32.4 Å². The van der Waals surface area contributed by atoms with Gasteiger partial charge in [-0.15, -0.1) is 0 Å². The highest BCUT2D eigenvalue weighted by Crippen LogP contribution is 2.30. The van der Waals surface area contributed by atoms with E-state index in [0.29, 0.717) is 22.8 Å². The van der Waals surface area contributed by atoms with Crippen LogP contribution in [0.1, 0.15) is 29.3 Å². The number of carbonyl (C=O) groups is 2. The van der Waals surface area contributed by atoms with Gasteiger partial charge in [-0.3, -0.25) is 9.59 Å². The van der Waals surface area contributed by atoms with Crippen LogP contribution in [0.15, 0.2) is 72.8 Å². The first-order valence-electron chi connectivity index (χ1n) is 11.0. The molecule has 168 valence electrons. The Morgan fingerprint density at radius 3 is 2.53 bits per heavy atom. The number of aromatic nitrogens is 2. The summed E-state index contributed by atoms with van der Waals surface area (Å²) in [6.07, 6.45) is 0.390. The molecule has 0 saturated heterocycles. The zero-order valence-electron chi connectivity index (χ0n) is 18.8. The third kappa shape index (κ3) is 4.25. The Balaban J connectivity index is 1.51.